The van der Waals surface area contributed by atoms with Crippen LogP contribution in [-0.2, 0) is 9.53 Å². The zero-order chi connectivity index (χ0) is 13.5. The van der Waals surface area contributed by atoms with Crippen molar-refractivity contribution in [3.63, 3.8) is 0 Å². The smallest absolute Gasteiger partial charge is 0.323 e. The summed E-state index contributed by atoms with van der Waals surface area (Å²) in [5.74, 6) is -1.26. The highest BCUT2D eigenvalue weighted by molar-refractivity contribution is 5.91. The molecule has 1 aromatic rings. The third kappa shape index (κ3) is 4.02. The standard InChI is InChI=1S/C11H15N3O4/c1-18-6-5-14(7-10(15)16)9-4-2-3-8(13-9)11(12)17/h2-4H,5-7H2,1H3,(H2,12,17)(H,15,16). The molecule has 0 atom stereocenters. The van der Waals surface area contributed by atoms with Gasteiger partial charge in [0.15, 0.2) is 0 Å². The van der Waals surface area contributed by atoms with Crippen LogP contribution in [0, 0.1) is 0 Å². The fourth-order valence-electron chi connectivity index (χ4n) is 1.38. The van der Waals surface area contributed by atoms with Gasteiger partial charge >= 0.3 is 5.97 Å². The molecule has 0 aliphatic rings. The number of amides is 1. The molecule has 1 amide bonds. The molecule has 0 aromatic carbocycles. The Hall–Kier alpha value is -2.15. The second kappa shape index (κ2) is 6.55. The molecule has 98 valence electrons. The number of methoxy groups -OCH3 is 1. The Balaban J connectivity index is 2.92. The number of ether oxygens (including phenoxy) is 1. The molecule has 7 heteroatoms. The first-order valence-electron chi connectivity index (χ1n) is 5.27. The number of aromatic nitrogens is 1. The van der Waals surface area contributed by atoms with E-state index in [4.69, 9.17) is 15.6 Å². The van der Waals surface area contributed by atoms with Crippen LogP contribution >= 0.6 is 0 Å². The maximum atomic E-state index is 11.0. The van der Waals surface area contributed by atoms with E-state index in [1.807, 2.05) is 0 Å². The average Bonchev–Trinajstić information content (AvgIpc) is 2.34. The van der Waals surface area contributed by atoms with Gasteiger partial charge in [0.25, 0.3) is 5.91 Å². The Morgan fingerprint density at radius 2 is 2.22 bits per heavy atom. The normalized spacial score (nSPS) is 10.1. The lowest BCUT2D eigenvalue weighted by Crippen LogP contribution is -2.33. The van der Waals surface area contributed by atoms with Crippen molar-refractivity contribution < 1.29 is 19.4 Å². The SMILES string of the molecule is COCCN(CC(=O)O)c1cccc(C(N)=O)n1. The maximum Gasteiger partial charge on any atom is 0.323 e. The molecule has 7 nitrogen and oxygen atoms in total. The summed E-state index contributed by atoms with van der Waals surface area (Å²) in [6.45, 7) is 0.492. The molecule has 0 spiro atoms. The number of rotatable bonds is 7. The maximum absolute atomic E-state index is 11.0. The van der Waals surface area contributed by atoms with Crippen molar-refractivity contribution in [2.24, 2.45) is 5.73 Å². The minimum absolute atomic E-state index is 0.0975. The fourth-order valence-corrected chi connectivity index (χ4v) is 1.38. The van der Waals surface area contributed by atoms with E-state index in [1.54, 1.807) is 12.1 Å². The summed E-state index contributed by atoms with van der Waals surface area (Å²) in [6, 6.07) is 4.69. The third-order valence-electron chi connectivity index (χ3n) is 2.20. The Morgan fingerprint density at radius 3 is 2.78 bits per heavy atom. The Bertz CT molecular complexity index is 436. The number of carbonyl (C=O) groups is 2. The number of pyridine rings is 1. The highest BCUT2D eigenvalue weighted by Crippen LogP contribution is 2.11. The van der Waals surface area contributed by atoms with Crippen LogP contribution in [0.3, 0.4) is 0 Å². The molecular weight excluding hydrogens is 238 g/mol. The topological polar surface area (TPSA) is 106 Å². The number of carbonyl (C=O) groups excluding carboxylic acids is 1. The molecule has 0 saturated carbocycles. The van der Waals surface area contributed by atoms with Gasteiger partial charge in [-0.05, 0) is 12.1 Å². The summed E-state index contributed by atoms with van der Waals surface area (Å²) in [6.07, 6.45) is 0. The van der Waals surface area contributed by atoms with Gasteiger partial charge in [0, 0.05) is 13.7 Å². The number of anilines is 1. The van der Waals surface area contributed by atoms with Crippen molar-refractivity contribution in [1.82, 2.24) is 4.98 Å². The highest BCUT2D eigenvalue weighted by Gasteiger charge is 2.13. The second-order valence-corrected chi connectivity index (χ2v) is 3.55. The summed E-state index contributed by atoms with van der Waals surface area (Å²) in [5.41, 5.74) is 5.22. The van der Waals surface area contributed by atoms with Crippen LogP contribution in [0.1, 0.15) is 10.5 Å². The van der Waals surface area contributed by atoms with E-state index < -0.39 is 11.9 Å². The molecule has 1 rings (SSSR count). The number of carboxylic acid groups (broad SMARTS) is 1. The molecule has 1 aromatic heterocycles. The van der Waals surface area contributed by atoms with Crippen LogP contribution in [0.4, 0.5) is 5.82 Å². The summed E-state index contributed by atoms with van der Waals surface area (Å²) in [5, 5.41) is 8.82. The molecular formula is C11H15N3O4. The van der Waals surface area contributed by atoms with Gasteiger partial charge in [-0.1, -0.05) is 6.07 Å². The van der Waals surface area contributed by atoms with E-state index in [1.165, 1.54) is 18.1 Å². The predicted octanol–water partition coefficient (Wildman–Crippen LogP) is -0.282. The van der Waals surface area contributed by atoms with Gasteiger partial charge in [-0.25, -0.2) is 4.98 Å². The van der Waals surface area contributed by atoms with Crippen LogP contribution < -0.4 is 10.6 Å². The molecule has 1 heterocycles. The molecule has 0 saturated heterocycles. The summed E-state index contributed by atoms with van der Waals surface area (Å²) in [4.78, 5) is 27.3. The number of primary amides is 1. The lowest BCUT2D eigenvalue weighted by atomic mass is 10.3. The first-order chi connectivity index (χ1) is 8.54. The second-order valence-electron chi connectivity index (χ2n) is 3.55. The van der Waals surface area contributed by atoms with Crippen LogP contribution in [0.2, 0.25) is 0 Å². The van der Waals surface area contributed by atoms with Crippen LogP contribution in [0.15, 0.2) is 18.2 Å². The average molecular weight is 253 g/mol. The van der Waals surface area contributed by atoms with E-state index in [0.717, 1.165) is 0 Å². The zero-order valence-corrected chi connectivity index (χ0v) is 10.00. The first-order valence-corrected chi connectivity index (χ1v) is 5.27. The molecule has 3 N–H and O–H groups in total. The quantitative estimate of drug-likeness (QED) is 0.692. The highest BCUT2D eigenvalue weighted by atomic mass is 16.5. The van der Waals surface area contributed by atoms with Gasteiger partial charge in [-0.3, -0.25) is 9.59 Å². The number of hydrogen-bond acceptors (Lipinski definition) is 5. The van der Waals surface area contributed by atoms with Crippen LogP contribution in [0.25, 0.3) is 0 Å². The Kier molecular flexibility index (Phi) is 5.06. The Morgan fingerprint density at radius 1 is 1.50 bits per heavy atom. The summed E-state index contributed by atoms with van der Waals surface area (Å²) >= 11 is 0. The predicted molar refractivity (Wildman–Crippen MR) is 64.5 cm³/mol. The van der Waals surface area contributed by atoms with Crippen molar-refractivity contribution in [3.8, 4) is 0 Å². The number of aliphatic carboxylic acids is 1. The molecule has 0 aliphatic heterocycles. The first kappa shape index (κ1) is 13.9. The molecule has 0 radical (unpaired) electrons. The number of nitrogens with zero attached hydrogens (tertiary/aromatic N) is 2. The minimum Gasteiger partial charge on any atom is -0.480 e. The molecule has 0 bridgehead atoms. The van der Waals surface area contributed by atoms with Crippen molar-refractivity contribution >= 4 is 17.7 Å². The molecule has 0 fully saturated rings. The lowest BCUT2D eigenvalue weighted by molar-refractivity contribution is -0.135. The van der Waals surface area contributed by atoms with Gasteiger partial charge in [-0.2, -0.15) is 0 Å². The Labute approximate surface area is 104 Å². The van der Waals surface area contributed by atoms with E-state index >= 15 is 0 Å². The van der Waals surface area contributed by atoms with Gasteiger partial charge < -0.3 is 20.5 Å². The summed E-state index contributed by atoms with van der Waals surface area (Å²) < 4.78 is 4.90. The van der Waals surface area contributed by atoms with Crippen molar-refractivity contribution in [2.45, 2.75) is 0 Å². The largest absolute Gasteiger partial charge is 0.480 e. The molecule has 18 heavy (non-hydrogen) atoms. The van der Waals surface area contributed by atoms with Gasteiger partial charge in [0.2, 0.25) is 0 Å². The van der Waals surface area contributed by atoms with Crippen LogP contribution in [0.5, 0.6) is 0 Å². The third-order valence-corrected chi connectivity index (χ3v) is 2.20. The van der Waals surface area contributed by atoms with Crippen LogP contribution in [-0.4, -0.2) is 48.8 Å². The monoisotopic (exact) mass is 253 g/mol. The van der Waals surface area contributed by atoms with Crippen molar-refractivity contribution in [3.05, 3.63) is 23.9 Å². The lowest BCUT2D eigenvalue weighted by Gasteiger charge is -2.21. The van der Waals surface area contributed by atoms with Crippen molar-refractivity contribution in [1.29, 1.82) is 0 Å². The molecule has 0 aliphatic carbocycles. The van der Waals surface area contributed by atoms with E-state index in [9.17, 15) is 9.59 Å². The minimum atomic E-state index is -0.989. The van der Waals surface area contributed by atoms with Gasteiger partial charge in [0.1, 0.15) is 18.1 Å². The number of carboxylic acids is 1. The van der Waals surface area contributed by atoms with E-state index in [0.29, 0.717) is 19.0 Å². The van der Waals surface area contributed by atoms with E-state index in [-0.39, 0.29) is 12.2 Å². The number of nitrogens with two attached hydrogens (primary N) is 1. The summed E-state index contributed by atoms with van der Waals surface area (Å²) in [7, 11) is 1.52. The van der Waals surface area contributed by atoms with Crippen molar-refractivity contribution in [2.75, 3.05) is 31.7 Å². The molecule has 0 unspecified atom stereocenters. The van der Waals surface area contributed by atoms with Gasteiger partial charge in [0.05, 0.1) is 6.61 Å². The fraction of sp³-hybridized carbons (Fsp3) is 0.364. The van der Waals surface area contributed by atoms with E-state index in [2.05, 4.69) is 4.98 Å². The van der Waals surface area contributed by atoms with Gasteiger partial charge in [-0.15, -0.1) is 0 Å². The number of hydrogen-bond donors (Lipinski definition) is 2. The zero-order valence-electron chi connectivity index (χ0n) is 10.00.